The number of carbonyl (C=O) groups is 1. The minimum atomic E-state index is -0.434. The van der Waals surface area contributed by atoms with Gasteiger partial charge in [0.15, 0.2) is 0 Å². The Morgan fingerprint density at radius 3 is 2.11 bits per heavy atom. The number of nitrogens with two attached hydrogens (primary N) is 1. The summed E-state index contributed by atoms with van der Waals surface area (Å²) < 4.78 is 5.34. The van der Waals surface area contributed by atoms with Crippen LogP contribution in [0.1, 0.15) is 43.0 Å². The van der Waals surface area contributed by atoms with Crippen LogP contribution in [0, 0.1) is 13.8 Å². The van der Waals surface area contributed by atoms with Gasteiger partial charge in [0.05, 0.1) is 6.42 Å². The lowest BCUT2D eigenvalue weighted by Crippen LogP contribution is -2.25. The second kappa shape index (κ2) is 5.53. The molecule has 100 valence electrons. The second-order valence-corrected chi connectivity index (χ2v) is 5.68. The average Bonchev–Trinajstić information content (AvgIpc) is 2.20. The summed E-state index contributed by atoms with van der Waals surface area (Å²) in [7, 11) is 0. The maximum atomic E-state index is 11.8. The molecule has 0 aliphatic carbocycles. The maximum Gasteiger partial charge on any atom is 0.310 e. The van der Waals surface area contributed by atoms with Crippen molar-refractivity contribution in [2.24, 2.45) is 5.73 Å². The Hall–Kier alpha value is -1.35. The van der Waals surface area contributed by atoms with Gasteiger partial charge in [-0.25, -0.2) is 0 Å². The van der Waals surface area contributed by atoms with Crippen LogP contribution in [0.25, 0.3) is 0 Å². The number of hydrogen-bond donors (Lipinski definition) is 1. The van der Waals surface area contributed by atoms with Crippen LogP contribution in [-0.4, -0.2) is 11.6 Å². The van der Waals surface area contributed by atoms with E-state index in [4.69, 9.17) is 10.5 Å². The minimum absolute atomic E-state index is 0.186. The fraction of sp³-hybridized carbons (Fsp3) is 0.533. The molecular weight excluding hydrogens is 226 g/mol. The van der Waals surface area contributed by atoms with E-state index in [1.54, 1.807) is 0 Å². The van der Waals surface area contributed by atoms with Gasteiger partial charge < -0.3 is 10.5 Å². The van der Waals surface area contributed by atoms with Crippen molar-refractivity contribution < 1.29 is 9.53 Å². The first-order valence-electron chi connectivity index (χ1n) is 6.24. The number of benzene rings is 1. The Kier molecular flexibility index (Phi) is 4.52. The minimum Gasteiger partial charge on any atom is -0.460 e. The molecule has 0 atom stereocenters. The number of esters is 1. The quantitative estimate of drug-likeness (QED) is 0.838. The predicted molar refractivity (Wildman–Crippen MR) is 73.4 cm³/mol. The molecule has 0 bridgehead atoms. The van der Waals surface area contributed by atoms with E-state index in [0.717, 1.165) is 22.3 Å². The molecular formula is C15H23NO2. The Balaban J connectivity index is 2.88. The van der Waals surface area contributed by atoms with Crippen molar-refractivity contribution in [1.29, 1.82) is 0 Å². The van der Waals surface area contributed by atoms with Gasteiger partial charge in [-0.1, -0.05) is 12.1 Å². The lowest BCUT2D eigenvalue weighted by atomic mass is 9.97. The fourth-order valence-electron chi connectivity index (χ4n) is 2.00. The summed E-state index contributed by atoms with van der Waals surface area (Å²) in [6, 6.07) is 4.07. The van der Waals surface area contributed by atoms with Crippen LogP contribution < -0.4 is 5.73 Å². The zero-order valence-corrected chi connectivity index (χ0v) is 12.0. The first kappa shape index (κ1) is 14.7. The number of rotatable bonds is 3. The third kappa shape index (κ3) is 4.15. The number of carbonyl (C=O) groups excluding carboxylic acids is 1. The summed E-state index contributed by atoms with van der Waals surface area (Å²) in [4.78, 5) is 11.8. The molecule has 0 radical (unpaired) electrons. The van der Waals surface area contributed by atoms with Crippen molar-refractivity contribution in [3.05, 3.63) is 34.4 Å². The SMILES string of the molecule is Cc1cc(CN)cc(C)c1CC(=O)OC(C)(C)C. The molecule has 0 saturated carbocycles. The standard InChI is InChI=1S/C15H23NO2/c1-10-6-12(9-16)7-11(2)13(10)8-14(17)18-15(3,4)5/h6-7H,8-9,16H2,1-5H3. The summed E-state index contributed by atoms with van der Waals surface area (Å²) in [6.07, 6.45) is 0.319. The zero-order valence-electron chi connectivity index (χ0n) is 12.0. The molecule has 0 aliphatic heterocycles. The van der Waals surface area contributed by atoms with Gasteiger partial charge in [-0.15, -0.1) is 0 Å². The third-order valence-electron chi connectivity index (χ3n) is 2.73. The van der Waals surface area contributed by atoms with E-state index in [9.17, 15) is 4.79 Å². The monoisotopic (exact) mass is 249 g/mol. The highest BCUT2D eigenvalue weighted by Gasteiger charge is 2.18. The van der Waals surface area contributed by atoms with Gasteiger partial charge in [-0.05, 0) is 56.9 Å². The second-order valence-electron chi connectivity index (χ2n) is 5.68. The Morgan fingerprint density at radius 2 is 1.72 bits per heavy atom. The highest BCUT2D eigenvalue weighted by atomic mass is 16.6. The third-order valence-corrected chi connectivity index (χ3v) is 2.73. The molecule has 18 heavy (non-hydrogen) atoms. The molecule has 0 unspecified atom stereocenters. The van der Waals surface area contributed by atoms with E-state index < -0.39 is 5.60 Å². The molecule has 0 aromatic heterocycles. The first-order valence-corrected chi connectivity index (χ1v) is 6.24. The highest BCUT2D eigenvalue weighted by molar-refractivity contribution is 5.74. The molecule has 3 heteroatoms. The van der Waals surface area contributed by atoms with E-state index in [1.165, 1.54) is 0 Å². The molecule has 0 aliphatic rings. The summed E-state index contributed by atoms with van der Waals surface area (Å²) >= 11 is 0. The first-order chi connectivity index (χ1) is 8.23. The molecule has 0 fully saturated rings. The van der Waals surface area contributed by atoms with E-state index in [-0.39, 0.29) is 5.97 Å². The van der Waals surface area contributed by atoms with Crippen molar-refractivity contribution in [3.63, 3.8) is 0 Å². The van der Waals surface area contributed by atoms with Crippen molar-refractivity contribution in [1.82, 2.24) is 0 Å². The summed E-state index contributed by atoms with van der Waals surface area (Å²) in [5, 5.41) is 0. The van der Waals surface area contributed by atoms with Crippen LogP contribution in [0.2, 0.25) is 0 Å². The van der Waals surface area contributed by atoms with Crippen molar-refractivity contribution >= 4 is 5.97 Å². The smallest absolute Gasteiger partial charge is 0.310 e. The van der Waals surface area contributed by atoms with Crippen molar-refractivity contribution in [3.8, 4) is 0 Å². The van der Waals surface area contributed by atoms with Crippen LogP contribution in [0.4, 0.5) is 0 Å². The van der Waals surface area contributed by atoms with Gasteiger partial charge in [0.25, 0.3) is 0 Å². The molecule has 1 aromatic rings. The van der Waals surface area contributed by atoms with Gasteiger partial charge in [0.1, 0.15) is 5.60 Å². The molecule has 0 spiro atoms. The van der Waals surface area contributed by atoms with E-state index in [0.29, 0.717) is 13.0 Å². The van der Waals surface area contributed by atoms with Gasteiger partial charge in [-0.3, -0.25) is 4.79 Å². The average molecular weight is 249 g/mol. The molecule has 0 saturated heterocycles. The van der Waals surface area contributed by atoms with Gasteiger partial charge in [0.2, 0.25) is 0 Å². The lowest BCUT2D eigenvalue weighted by molar-refractivity contribution is -0.153. The number of aryl methyl sites for hydroxylation is 2. The fourth-order valence-corrected chi connectivity index (χ4v) is 2.00. The Morgan fingerprint density at radius 1 is 1.22 bits per heavy atom. The lowest BCUT2D eigenvalue weighted by Gasteiger charge is -2.20. The normalized spacial score (nSPS) is 11.4. The molecule has 1 aromatic carbocycles. The Labute approximate surface area is 109 Å². The predicted octanol–water partition coefficient (Wildman–Crippen LogP) is 2.65. The van der Waals surface area contributed by atoms with Gasteiger partial charge >= 0.3 is 5.97 Å². The maximum absolute atomic E-state index is 11.8. The summed E-state index contributed by atoms with van der Waals surface area (Å²) in [5.41, 5.74) is 9.53. The highest BCUT2D eigenvalue weighted by Crippen LogP contribution is 2.19. The van der Waals surface area contributed by atoms with Gasteiger partial charge in [0, 0.05) is 6.54 Å². The van der Waals surface area contributed by atoms with E-state index >= 15 is 0 Å². The van der Waals surface area contributed by atoms with Crippen molar-refractivity contribution in [2.45, 2.75) is 53.2 Å². The van der Waals surface area contributed by atoms with Crippen LogP contribution in [0.15, 0.2) is 12.1 Å². The molecule has 0 amide bonds. The number of hydrogen-bond acceptors (Lipinski definition) is 3. The molecule has 1 rings (SSSR count). The van der Waals surface area contributed by atoms with E-state index in [2.05, 4.69) is 0 Å². The van der Waals surface area contributed by atoms with Crippen LogP contribution >= 0.6 is 0 Å². The Bertz CT molecular complexity index is 421. The molecule has 3 nitrogen and oxygen atoms in total. The zero-order chi connectivity index (χ0) is 13.9. The van der Waals surface area contributed by atoms with Crippen LogP contribution in [0.3, 0.4) is 0 Å². The topological polar surface area (TPSA) is 52.3 Å². The van der Waals surface area contributed by atoms with Gasteiger partial charge in [-0.2, -0.15) is 0 Å². The number of ether oxygens (including phenoxy) is 1. The van der Waals surface area contributed by atoms with E-state index in [1.807, 2.05) is 46.8 Å². The van der Waals surface area contributed by atoms with Crippen LogP contribution in [0.5, 0.6) is 0 Å². The largest absolute Gasteiger partial charge is 0.460 e. The van der Waals surface area contributed by atoms with Crippen LogP contribution in [-0.2, 0) is 22.5 Å². The molecule has 0 heterocycles. The molecule has 2 N–H and O–H groups in total. The summed E-state index contributed by atoms with van der Waals surface area (Å²) in [6.45, 7) is 10.2. The van der Waals surface area contributed by atoms with Crippen molar-refractivity contribution in [2.75, 3.05) is 0 Å². The summed E-state index contributed by atoms with van der Waals surface area (Å²) in [5.74, 6) is -0.186.